The molecule has 0 aromatic rings. The molecule has 2 amide bonds. The highest BCUT2D eigenvalue weighted by Crippen LogP contribution is 2.28. The van der Waals surface area contributed by atoms with Crippen molar-refractivity contribution >= 4 is 11.8 Å². The van der Waals surface area contributed by atoms with E-state index >= 15 is 0 Å². The maximum absolute atomic E-state index is 12.2. The molecule has 114 valence electrons. The molecular formula is C16H28N2O2. The van der Waals surface area contributed by atoms with Crippen molar-refractivity contribution in [3.63, 3.8) is 0 Å². The lowest BCUT2D eigenvalue weighted by Crippen LogP contribution is -2.53. The van der Waals surface area contributed by atoms with E-state index in [1.807, 2.05) is 30.6 Å². The van der Waals surface area contributed by atoms with Crippen molar-refractivity contribution < 1.29 is 9.59 Å². The number of hydrogen-bond donors (Lipinski definition) is 0. The third-order valence-corrected chi connectivity index (χ3v) is 4.50. The summed E-state index contributed by atoms with van der Waals surface area (Å²) >= 11 is 0. The number of amides is 2. The second-order valence-electron chi connectivity index (χ2n) is 7.28. The second-order valence-corrected chi connectivity index (χ2v) is 7.28. The van der Waals surface area contributed by atoms with Crippen LogP contribution in [-0.4, -0.2) is 47.8 Å². The maximum Gasteiger partial charge on any atom is 0.228 e. The van der Waals surface area contributed by atoms with Crippen LogP contribution < -0.4 is 0 Å². The van der Waals surface area contributed by atoms with E-state index in [0.717, 1.165) is 0 Å². The van der Waals surface area contributed by atoms with E-state index in [9.17, 15) is 9.59 Å². The molecule has 0 bridgehead atoms. The van der Waals surface area contributed by atoms with Gasteiger partial charge in [0, 0.05) is 38.0 Å². The summed E-state index contributed by atoms with van der Waals surface area (Å²) in [5.74, 6) is 1.09. The molecule has 4 heteroatoms. The fraction of sp³-hybridized carbons (Fsp3) is 0.875. The molecule has 2 aliphatic rings. The lowest BCUT2D eigenvalue weighted by Gasteiger charge is -2.38. The Labute approximate surface area is 122 Å². The monoisotopic (exact) mass is 280 g/mol. The number of nitrogens with zero attached hydrogens (tertiary/aromatic N) is 2. The maximum atomic E-state index is 12.2. The van der Waals surface area contributed by atoms with Crippen molar-refractivity contribution in [2.24, 2.45) is 11.3 Å². The molecule has 4 nitrogen and oxygen atoms in total. The van der Waals surface area contributed by atoms with Crippen molar-refractivity contribution in [1.29, 1.82) is 0 Å². The third-order valence-electron chi connectivity index (χ3n) is 4.50. The third kappa shape index (κ3) is 3.74. The molecule has 2 rings (SSSR count). The summed E-state index contributed by atoms with van der Waals surface area (Å²) in [6.45, 7) is 8.63. The van der Waals surface area contributed by atoms with E-state index in [1.165, 1.54) is 25.7 Å². The van der Waals surface area contributed by atoms with Crippen LogP contribution in [-0.2, 0) is 9.59 Å². The van der Waals surface area contributed by atoms with E-state index in [1.54, 1.807) is 0 Å². The van der Waals surface area contributed by atoms with Crippen LogP contribution in [0.2, 0.25) is 0 Å². The molecule has 2 fully saturated rings. The largest absolute Gasteiger partial charge is 0.339 e. The molecule has 0 N–H and O–H groups in total. The van der Waals surface area contributed by atoms with Crippen LogP contribution in [0.1, 0.15) is 52.9 Å². The number of hydrogen-bond acceptors (Lipinski definition) is 2. The zero-order chi connectivity index (χ0) is 14.8. The highest BCUT2D eigenvalue weighted by atomic mass is 16.2. The van der Waals surface area contributed by atoms with Gasteiger partial charge in [-0.25, -0.2) is 0 Å². The van der Waals surface area contributed by atoms with Crippen LogP contribution in [0.3, 0.4) is 0 Å². The van der Waals surface area contributed by atoms with E-state index in [0.29, 0.717) is 44.4 Å². The topological polar surface area (TPSA) is 40.6 Å². The molecule has 0 aromatic carbocycles. The van der Waals surface area contributed by atoms with Gasteiger partial charge in [-0.1, -0.05) is 33.6 Å². The normalized spacial score (nSPS) is 21.4. The molecule has 0 atom stereocenters. The quantitative estimate of drug-likeness (QED) is 0.778. The summed E-state index contributed by atoms with van der Waals surface area (Å²) in [6, 6.07) is 0. The first kappa shape index (κ1) is 15.3. The average molecular weight is 280 g/mol. The van der Waals surface area contributed by atoms with Crippen LogP contribution in [0, 0.1) is 11.3 Å². The first-order valence-electron chi connectivity index (χ1n) is 7.95. The van der Waals surface area contributed by atoms with E-state index in [2.05, 4.69) is 0 Å². The van der Waals surface area contributed by atoms with Gasteiger partial charge in [-0.15, -0.1) is 0 Å². The fourth-order valence-corrected chi connectivity index (χ4v) is 3.22. The molecule has 1 saturated carbocycles. The Morgan fingerprint density at radius 2 is 1.45 bits per heavy atom. The van der Waals surface area contributed by atoms with Gasteiger partial charge in [0.15, 0.2) is 0 Å². The second kappa shape index (κ2) is 6.15. The molecule has 0 spiro atoms. The minimum absolute atomic E-state index is 0.195. The fourth-order valence-electron chi connectivity index (χ4n) is 3.22. The number of piperazine rings is 1. The molecule has 0 aromatic heterocycles. The van der Waals surface area contributed by atoms with Gasteiger partial charge >= 0.3 is 0 Å². The molecule has 0 radical (unpaired) electrons. The predicted molar refractivity (Wildman–Crippen MR) is 79.2 cm³/mol. The zero-order valence-electron chi connectivity index (χ0n) is 13.2. The van der Waals surface area contributed by atoms with Crippen LogP contribution >= 0.6 is 0 Å². The van der Waals surface area contributed by atoms with E-state index < -0.39 is 0 Å². The van der Waals surface area contributed by atoms with Crippen LogP contribution in [0.15, 0.2) is 0 Å². The van der Waals surface area contributed by atoms with E-state index in [4.69, 9.17) is 0 Å². The summed E-state index contributed by atoms with van der Waals surface area (Å²) in [5, 5.41) is 0. The van der Waals surface area contributed by atoms with Crippen molar-refractivity contribution in [3.8, 4) is 0 Å². The smallest absolute Gasteiger partial charge is 0.228 e. The first-order valence-corrected chi connectivity index (χ1v) is 7.95. The van der Waals surface area contributed by atoms with Crippen molar-refractivity contribution in [3.05, 3.63) is 0 Å². The Balaban J connectivity index is 1.78. The van der Waals surface area contributed by atoms with Crippen molar-refractivity contribution in [2.75, 3.05) is 26.2 Å². The Bertz CT molecular complexity index is 359. The summed E-state index contributed by atoms with van der Waals surface area (Å²) < 4.78 is 0. The summed E-state index contributed by atoms with van der Waals surface area (Å²) in [7, 11) is 0. The number of rotatable bonds is 2. The highest BCUT2D eigenvalue weighted by molar-refractivity contribution is 5.82. The summed E-state index contributed by atoms with van der Waals surface area (Å²) in [4.78, 5) is 28.3. The van der Waals surface area contributed by atoms with Gasteiger partial charge in [0.25, 0.3) is 0 Å². The zero-order valence-corrected chi connectivity index (χ0v) is 13.2. The van der Waals surface area contributed by atoms with Crippen LogP contribution in [0.5, 0.6) is 0 Å². The summed E-state index contributed by atoms with van der Waals surface area (Å²) in [6.07, 6.45) is 5.72. The van der Waals surface area contributed by atoms with E-state index in [-0.39, 0.29) is 11.3 Å². The van der Waals surface area contributed by atoms with Gasteiger partial charge in [-0.3, -0.25) is 9.59 Å². The molecule has 1 aliphatic carbocycles. The molecular weight excluding hydrogens is 252 g/mol. The molecule has 20 heavy (non-hydrogen) atoms. The lowest BCUT2D eigenvalue weighted by atomic mass is 9.94. The average Bonchev–Trinajstić information content (AvgIpc) is 2.90. The Morgan fingerprint density at radius 3 is 1.95 bits per heavy atom. The van der Waals surface area contributed by atoms with Crippen molar-refractivity contribution in [1.82, 2.24) is 9.80 Å². The Kier molecular flexibility index (Phi) is 4.71. The lowest BCUT2D eigenvalue weighted by molar-refractivity contribution is -0.145. The van der Waals surface area contributed by atoms with Gasteiger partial charge in [-0.05, 0) is 18.8 Å². The number of carbonyl (C=O) groups is 2. The minimum Gasteiger partial charge on any atom is -0.339 e. The van der Waals surface area contributed by atoms with Crippen LogP contribution in [0.25, 0.3) is 0 Å². The van der Waals surface area contributed by atoms with Crippen LogP contribution in [0.4, 0.5) is 0 Å². The molecule has 1 aliphatic heterocycles. The molecule has 1 heterocycles. The molecule has 0 unspecified atom stereocenters. The first-order chi connectivity index (χ1) is 9.38. The van der Waals surface area contributed by atoms with Gasteiger partial charge < -0.3 is 9.80 Å². The Morgan fingerprint density at radius 1 is 0.950 bits per heavy atom. The summed E-state index contributed by atoms with van der Waals surface area (Å²) in [5.41, 5.74) is -0.323. The Hall–Kier alpha value is -1.06. The van der Waals surface area contributed by atoms with Gasteiger partial charge in [-0.2, -0.15) is 0 Å². The predicted octanol–water partition coefficient (Wildman–Crippen LogP) is 2.28. The van der Waals surface area contributed by atoms with Crippen molar-refractivity contribution in [2.45, 2.75) is 52.9 Å². The SMILES string of the molecule is CC(C)(C)C(=O)N1CCN(C(=O)CC2CCCC2)CC1. The van der Waals surface area contributed by atoms with Gasteiger partial charge in [0.1, 0.15) is 0 Å². The highest BCUT2D eigenvalue weighted by Gasteiger charge is 2.31. The van der Waals surface area contributed by atoms with Gasteiger partial charge in [0.05, 0.1) is 0 Å². The van der Waals surface area contributed by atoms with Gasteiger partial charge in [0.2, 0.25) is 11.8 Å². The number of carbonyl (C=O) groups excluding carboxylic acids is 2. The minimum atomic E-state index is -0.323. The standard InChI is InChI=1S/C16H28N2O2/c1-16(2,3)15(20)18-10-8-17(9-11-18)14(19)12-13-6-4-5-7-13/h13H,4-12H2,1-3H3. The molecule has 1 saturated heterocycles.